The van der Waals surface area contributed by atoms with Gasteiger partial charge in [-0.2, -0.15) is 0 Å². The average Bonchev–Trinajstić information content (AvgIpc) is 2.44. The summed E-state index contributed by atoms with van der Waals surface area (Å²) in [6, 6.07) is 0.633. The van der Waals surface area contributed by atoms with Gasteiger partial charge in [0.2, 0.25) is 0 Å². The van der Waals surface area contributed by atoms with Crippen LogP contribution in [0.5, 0.6) is 0 Å². The Morgan fingerprint density at radius 1 is 1.11 bits per heavy atom. The van der Waals surface area contributed by atoms with Crippen molar-refractivity contribution < 1.29 is 0 Å². The Balaban J connectivity index is 1.66. The minimum atomic E-state index is 0.633. The third-order valence-electron chi connectivity index (χ3n) is 5.53. The lowest BCUT2D eigenvalue weighted by Gasteiger charge is -2.39. The van der Waals surface area contributed by atoms with E-state index in [1.807, 2.05) is 0 Å². The molecule has 0 bridgehead atoms. The summed E-state index contributed by atoms with van der Waals surface area (Å²) in [6.07, 6.45) is 10.6. The highest BCUT2D eigenvalue weighted by Crippen LogP contribution is 2.42. The van der Waals surface area contributed by atoms with E-state index in [4.69, 9.17) is 0 Å². The van der Waals surface area contributed by atoms with Crippen molar-refractivity contribution >= 4 is 0 Å². The van der Waals surface area contributed by atoms with E-state index < -0.39 is 0 Å². The van der Waals surface area contributed by atoms with Crippen molar-refractivity contribution in [1.82, 2.24) is 10.2 Å². The van der Waals surface area contributed by atoms with Gasteiger partial charge >= 0.3 is 0 Å². The molecule has 0 aromatic heterocycles. The first-order valence-corrected chi connectivity index (χ1v) is 8.61. The molecule has 0 aromatic rings. The second-order valence-electron chi connectivity index (χ2n) is 7.15. The Morgan fingerprint density at radius 2 is 1.84 bits per heavy atom. The molecule has 0 radical (unpaired) electrons. The van der Waals surface area contributed by atoms with Crippen LogP contribution in [0.25, 0.3) is 0 Å². The summed E-state index contributed by atoms with van der Waals surface area (Å²) >= 11 is 0. The number of fused-ring (bicyclic) bond motifs is 1. The Bertz CT molecular complexity index is 254. The predicted molar refractivity (Wildman–Crippen MR) is 83.4 cm³/mol. The molecular formula is C17H34N2. The van der Waals surface area contributed by atoms with Crippen molar-refractivity contribution in [1.29, 1.82) is 0 Å². The van der Waals surface area contributed by atoms with E-state index in [0.717, 1.165) is 24.3 Å². The minimum Gasteiger partial charge on any atom is -0.313 e. The molecule has 1 N–H and O–H groups in total. The van der Waals surface area contributed by atoms with Crippen LogP contribution in [0.2, 0.25) is 0 Å². The molecule has 4 unspecified atom stereocenters. The summed E-state index contributed by atoms with van der Waals surface area (Å²) < 4.78 is 0. The molecule has 2 saturated carbocycles. The van der Waals surface area contributed by atoms with Crippen LogP contribution < -0.4 is 5.32 Å². The molecule has 2 nitrogen and oxygen atoms in total. The molecule has 0 saturated heterocycles. The fourth-order valence-electron chi connectivity index (χ4n) is 4.18. The summed E-state index contributed by atoms with van der Waals surface area (Å²) in [5, 5.41) is 3.77. The van der Waals surface area contributed by atoms with Crippen molar-refractivity contribution in [2.24, 2.45) is 17.8 Å². The molecular weight excluding hydrogens is 232 g/mol. The molecule has 2 fully saturated rings. The maximum atomic E-state index is 3.77. The largest absolute Gasteiger partial charge is 0.313 e. The van der Waals surface area contributed by atoms with E-state index in [1.54, 1.807) is 0 Å². The predicted octanol–water partition coefficient (Wildman–Crippen LogP) is 3.52. The van der Waals surface area contributed by atoms with E-state index >= 15 is 0 Å². The Kier molecular flexibility index (Phi) is 6.15. The van der Waals surface area contributed by atoms with Crippen LogP contribution in [0.4, 0.5) is 0 Å². The molecule has 0 aromatic carbocycles. The zero-order valence-corrected chi connectivity index (χ0v) is 13.3. The third-order valence-corrected chi connectivity index (χ3v) is 5.53. The van der Waals surface area contributed by atoms with Crippen molar-refractivity contribution in [2.45, 2.75) is 64.8 Å². The number of nitrogens with zero attached hydrogens (tertiary/aromatic N) is 1. The molecule has 0 heterocycles. The molecule has 2 heteroatoms. The lowest BCUT2D eigenvalue weighted by molar-refractivity contribution is 0.126. The van der Waals surface area contributed by atoms with E-state index in [2.05, 4.69) is 31.1 Å². The molecule has 2 rings (SSSR count). The maximum Gasteiger partial charge on any atom is 0.0166 e. The second kappa shape index (κ2) is 7.64. The van der Waals surface area contributed by atoms with Crippen LogP contribution in [0.3, 0.4) is 0 Å². The minimum absolute atomic E-state index is 0.633. The highest BCUT2D eigenvalue weighted by atomic mass is 15.1. The van der Waals surface area contributed by atoms with Crippen LogP contribution in [-0.2, 0) is 0 Å². The van der Waals surface area contributed by atoms with E-state index in [9.17, 15) is 0 Å². The molecule has 0 spiro atoms. The molecule has 0 aliphatic heterocycles. The fourth-order valence-corrected chi connectivity index (χ4v) is 4.18. The molecule has 19 heavy (non-hydrogen) atoms. The first-order valence-electron chi connectivity index (χ1n) is 8.61. The zero-order valence-electron chi connectivity index (χ0n) is 13.3. The zero-order chi connectivity index (χ0) is 13.7. The van der Waals surface area contributed by atoms with Gasteiger partial charge in [-0.25, -0.2) is 0 Å². The van der Waals surface area contributed by atoms with Crippen LogP contribution in [-0.4, -0.2) is 37.6 Å². The van der Waals surface area contributed by atoms with Gasteiger partial charge in [0, 0.05) is 12.6 Å². The van der Waals surface area contributed by atoms with E-state index in [0.29, 0.717) is 6.04 Å². The first-order chi connectivity index (χ1) is 9.19. The quantitative estimate of drug-likeness (QED) is 0.791. The normalized spacial score (nSPS) is 33.2. The van der Waals surface area contributed by atoms with Gasteiger partial charge in [0.25, 0.3) is 0 Å². The Hall–Kier alpha value is -0.0800. The fraction of sp³-hybridized carbons (Fsp3) is 1.00. The summed E-state index contributed by atoms with van der Waals surface area (Å²) in [5.41, 5.74) is 0. The van der Waals surface area contributed by atoms with Crippen molar-refractivity contribution in [2.75, 3.05) is 26.7 Å². The first kappa shape index (κ1) is 15.3. The second-order valence-corrected chi connectivity index (χ2v) is 7.15. The van der Waals surface area contributed by atoms with Crippen molar-refractivity contribution in [3.63, 3.8) is 0 Å². The molecule has 2 aliphatic rings. The number of hydrogen-bond donors (Lipinski definition) is 1. The maximum absolute atomic E-state index is 3.77. The molecule has 4 atom stereocenters. The number of nitrogens with one attached hydrogen (secondary N) is 1. The van der Waals surface area contributed by atoms with Gasteiger partial charge in [-0.3, -0.25) is 0 Å². The topological polar surface area (TPSA) is 15.3 Å². The van der Waals surface area contributed by atoms with Gasteiger partial charge < -0.3 is 10.2 Å². The van der Waals surface area contributed by atoms with Crippen LogP contribution in [0.1, 0.15) is 58.8 Å². The van der Waals surface area contributed by atoms with Gasteiger partial charge in [0.05, 0.1) is 0 Å². The van der Waals surface area contributed by atoms with E-state index in [1.165, 1.54) is 58.0 Å². The van der Waals surface area contributed by atoms with Crippen molar-refractivity contribution in [3.8, 4) is 0 Å². The Morgan fingerprint density at radius 3 is 2.58 bits per heavy atom. The van der Waals surface area contributed by atoms with Gasteiger partial charge in [0.1, 0.15) is 0 Å². The summed E-state index contributed by atoms with van der Waals surface area (Å²) in [4.78, 5) is 2.40. The van der Waals surface area contributed by atoms with Gasteiger partial charge in [0.15, 0.2) is 0 Å². The van der Waals surface area contributed by atoms with Crippen LogP contribution in [0.15, 0.2) is 0 Å². The molecule has 0 amide bonds. The standard InChI is InChI=1S/C17H34N2/c1-4-19(3)13-14(2)18-12-15-9-10-16-7-5-6-8-17(16)11-15/h14-18H,4-13H2,1-3H3. The average molecular weight is 266 g/mol. The van der Waals surface area contributed by atoms with Crippen molar-refractivity contribution in [3.05, 3.63) is 0 Å². The Labute approximate surface area is 120 Å². The number of hydrogen-bond acceptors (Lipinski definition) is 2. The van der Waals surface area contributed by atoms with Gasteiger partial charge in [-0.15, -0.1) is 0 Å². The molecule has 112 valence electrons. The number of rotatable bonds is 6. The lowest BCUT2D eigenvalue weighted by Crippen LogP contribution is -2.41. The summed E-state index contributed by atoms with van der Waals surface area (Å²) in [7, 11) is 2.21. The monoisotopic (exact) mass is 266 g/mol. The molecule has 2 aliphatic carbocycles. The summed E-state index contributed by atoms with van der Waals surface area (Å²) in [5.74, 6) is 3.12. The van der Waals surface area contributed by atoms with Gasteiger partial charge in [-0.05, 0) is 64.1 Å². The van der Waals surface area contributed by atoms with Crippen LogP contribution in [0, 0.1) is 17.8 Å². The van der Waals surface area contributed by atoms with Gasteiger partial charge in [-0.1, -0.05) is 32.6 Å². The highest BCUT2D eigenvalue weighted by Gasteiger charge is 2.31. The third kappa shape index (κ3) is 4.75. The SMILES string of the molecule is CCN(C)CC(C)NCC1CCC2CCCCC2C1. The smallest absolute Gasteiger partial charge is 0.0166 e. The summed E-state index contributed by atoms with van der Waals surface area (Å²) in [6.45, 7) is 8.14. The lowest BCUT2D eigenvalue weighted by atomic mass is 9.67. The van der Waals surface area contributed by atoms with Crippen LogP contribution >= 0.6 is 0 Å². The highest BCUT2D eigenvalue weighted by molar-refractivity contribution is 4.84. The van der Waals surface area contributed by atoms with E-state index in [-0.39, 0.29) is 0 Å². The number of likely N-dealkylation sites (N-methyl/N-ethyl adjacent to an activating group) is 1.